The van der Waals surface area contributed by atoms with Crippen molar-refractivity contribution in [3.8, 4) is 0 Å². The number of hydrogen-bond acceptors (Lipinski definition) is 3. The van der Waals surface area contributed by atoms with Gasteiger partial charge in [-0.3, -0.25) is 9.48 Å². The average Bonchev–Trinajstić information content (AvgIpc) is 2.98. The summed E-state index contributed by atoms with van der Waals surface area (Å²) in [6.07, 6.45) is 4.63. The summed E-state index contributed by atoms with van der Waals surface area (Å²) in [6, 6.07) is 10.2. The van der Waals surface area contributed by atoms with Gasteiger partial charge in [0.1, 0.15) is 0 Å². The normalized spacial score (nSPS) is 10.8. The number of carbonyl (C=O) groups excluding carboxylic acids is 1. The van der Waals surface area contributed by atoms with E-state index in [0.29, 0.717) is 18.7 Å². The van der Waals surface area contributed by atoms with Gasteiger partial charge in [0.15, 0.2) is 0 Å². The number of hydrogen-bond donors (Lipinski definition) is 2. The second-order valence-corrected chi connectivity index (χ2v) is 5.90. The monoisotopic (exact) mass is 328 g/mol. The lowest BCUT2D eigenvalue weighted by Gasteiger charge is -2.10. The summed E-state index contributed by atoms with van der Waals surface area (Å²) in [6.45, 7) is 7.35. The van der Waals surface area contributed by atoms with Crippen molar-refractivity contribution >= 4 is 5.91 Å². The van der Waals surface area contributed by atoms with Crippen molar-refractivity contribution in [1.82, 2.24) is 20.4 Å². The molecule has 0 saturated heterocycles. The van der Waals surface area contributed by atoms with Gasteiger partial charge in [0.25, 0.3) is 5.91 Å². The van der Waals surface area contributed by atoms with Crippen LogP contribution in [0.15, 0.2) is 36.5 Å². The average molecular weight is 328 g/mol. The first-order valence-electron chi connectivity index (χ1n) is 8.83. The van der Waals surface area contributed by atoms with E-state index in [1.807, 2.05) is 22.9 Å². The highest BCUT2D eigenvalue weighted by molar-refractivity contribution is 5.95. The third-order valence-corrected chi connectivity index (χ3v) is 3.87. The summed E-state index contributed by atoms with van der Waals surface area (Å²) >= 11 is 0. The second-order valence-electron chi connectivity index (χ2n) is 5.90. The van der Waals surface area contributed by atoms with Crippen LogP contribution in [0.4, 0.5) is 0 Å². The van der Waals surface area contributed by atoms with Crippen LogP contribution in [0.5, 0.6) is 0 Å². The molecular formula is C19H28N4O. The van der Waals surface area contributed by atoms with Gasteiger partial charge in [-0.1, -0.05) is 50.6 Å². The molecule has 0 unspecified atom stereocenters. The summed E-state index contributed by atoms with van der Waals surface area (Å²) < 4.78 is 1.95. The van der Waals surface area contributed by atoms with E-state index in [2.05, 4.69) is 41.7 Å². The lowest BCUT2D eigenvalue weighted by atomic mass is 10.1. The molecule has 130 valence electrons. The van der Waals surface area contributed by atoms with Gasteiger partial charge in [-0.15, -0.1) is 0 Å². The summed E-state index contributed by atoms with van der Waals surface area (Å²) in [7, 11) is 0. The van der Waals surface area contributed by atoms with Gasteiger partial charge in [0, 0.05) is 13.1 Å². The van der Waals surface area contributed by atoms with Gasteiger partial charge in [-0.2, -0.15) is 5.10 Å². The van der Waals surface area contributed by atoms with Gasteiger partial charge in [0.05, 0.1) is 24.0 Å². The van der Waals surface area contributed by atoms with Crippen LogP contribution in [0.1, 0.15) is 48.3 Å². The third-order valence-electron chi connectivity index (χ3n) is 3.87. The topological polar surface area (TPSA) is 58.9 Å². The van der Waals surface area contributed by atoms with Crippen molar-refractivity contribution in [3.63, 3.8) is 0 Å². The standard InChI is InChI=1S/C19H28N4O/c1-3-8-18-17(19(24)21-13-12-20-11-4-2)14-22-23(18)15-16-9-6-5-7-10-16/h5-7,9-10,14,20H,3-4,8,11-13,15H2,1-2H3,(H,21,24). The maximum Gasteiger partial charge on any atom is 0.254 e. The number of aromatic nitrogens is 2. The smallest absolute Gasteiger partial charge is 0.254 e. The molecular weight excluding hydrogens is 300 g/mol. The van der Waals surface area contributed by atoms with E-state index in [0.717, 1.165) is 38.0 Å². The van der Waals surface area contributed by atoms with Crippen LogP contribution >= 0.6 is 0 Å². The lowest BCUT2D eigenvalue weighted by Crippen LogP contribution is -2.32. The zero-order valence-electron chi connectivity index (χ0n) is 14.7. The molecule has 0 aliphatic heterocycles. The fourth-order valence-electron chi connectivity index (χ4n) is 2.65. The number of carbonyl (C=O) groups is 1. The molecule has 2 N–H and O–H groups in total. The SMILES string of the molecule is CCCNCCNC(=O)c1cnn(Cc2ccccc2)c1CCC. The molecule has 5 heteroatoms. The molecule has 0 fully saturated rings. The molecule has 0 spiro atoms. The zero-order chi connectivity index (χ0) is 17.2. The minimum absolute atomic E-state index is 0.0314. The van der Waals surface area contributed by atoms with E-state index in [1.165, 1.54) is 5.56 Å². The number of amides is 1. The highest BCUT2D eigenvalue weighted by atomic mass is 16.1. The Balaban J connectivity index is 2.02. The Morgan fingerprint density at radius 1 is 1.08 bits per heavy atom. The Morgan fingerprint density at radius 3 is 2.58 bits per heavy atom. The number of nitrogens with zero attached hydrogens (tertiary/aromatic N) is 2. The highest BCUT2D eigenvalue weighted by Gasteiger charge is 2.16. The fraction of sp³-hybridized carbons (Fsp3) is 0.474. The van der Waals surface area contributed by atoms with E-state index in [9.17, 15) is 4.79 Å². The zero-order valence-corrected chi connectivity index (χ0v) is 14.7. The molecule has 24 heavy (non-hydrogen) atoms. The van der Waals surface area contributed by atoms with Crippen LogP contribution < -0.4 is 10.6 Å². The van der Waals surface area contributed by atoms with Crippen molar-refractivity contribution in [2.45, 2.75) is 39.7 Å². The molecule has 2 aromatic rings. The van der Waals surface area contributed by atoms with Gasteiger partial charge >= 0.3 is 0 Å². The molecule has 0 radical (unpaired) electrons. The molecule has 1 aromatic carbocycles. The van der Waals surface area contributed by atoms with Crippen molar-refractivity contribution in [2.75, 3.05) is 19.6 Å². The van der Waals surface area contributed by atoms with E-state index >= 15 is 0 Å². The number of rotatable bonds is 10. The molecule has 1 heterocycles. The fourth-order valence-corrected chi connectivity index (χ4v) is 2.65. The third kappa shape index (κ3) is 5.20. The van der Waals surface area contributed by atoms with Gasteiger partial charge in [0.2, 0.25) is 0 Å². The maximum absolute atomic E-state index is 12.4. The molecule has 0 saturated carbocycles. The Labute approximate surface area is 144 Å². The first-order valence-corrected chi connectivity index (χ1v) is 8.83. The molecule has 0 bridgehead atoms. The number of nitrogens with one attached hydrogen (secondary N) is 2. The van der Waals surface area contributed by atoms with Gasteiger partial charge in [-0.05, 0) is 24.9 Å². The minimum atomic E-state index is -0.0314. The number of benzene rings is 1. The van der Waals surface area contributed by atoms with E-state index in [-0.39, 0.29) is 5.91 Å². The van der Waals surface area contributed by atoms with Crippen LogP contribution in [0.2, 0.25) is 0 Å². The quantitative estimate of drug-likeness (QED) is 0.659. The van der Waals surface area contributed by atoms with Crippen molar-refractivity contribution in [3.05, 3.63) is 53.3 Å². The lowest BCUT2D eigenvalue weighted by molar-refractivity contribution is 0.0953. The van der Waals surface area contributed by atoms with Crippen molar-refractivity contribution < 1.29 is 4.79 Å². The summed E-state index contributed by atoms with van der Waals surface area (Å²) in [5, 5.41) is 10.7. The van der Waals surface area contributed by atoms with E-state index in [1.54, 1.807) is 6.20 Å². The summed E-state index contributed by atoms with van der Waals surface area (Å²) in [5.41, 5.74) is 2.90. The highest BCUT2D eigenvalue weighted by Crippen LogP contribution is 2.13. The first kappa shape index (κ1) is 18.2. The molecule has 0 atom stereocenters. The second kappa shape index (κ2) is 9.88. The Morgan fingerprint density at radius 2 is 1.88 bits per heavy atom. The predicted molar refractivity (Wildman–Crippen MR) is 97.3 cm³/mol. The maximum atomic E-state index is 12.4. The molecule has 0 aliphatic rings. The largest absolute Gasteiger partial charge is 0.351 e. The van der Waals surface area contributed by atoms with Crippen LogP contribution in [-0.4, -0.2) is 35.3 Å². The predicted octanol–water partition coefficient (Wildman–Crippen LogP) is 2.61. The Bertz CT molecular complexity index is 622. The van der Waals surface area contributed by atoms with Crippen LogP contribution in [0, 0.1) is 0 Å². The van der Waals surface area contributed by atoms with Gasteiger partial charge in [-0.25, -0.2) is 0 Å². The molecule has 1 aromatic heterocycles. The van der Waals surface area contributed by atoms with E-state index in [4.69, 9.17) is 0 Å². The van der Waals surface area contributed by atoms with Crippen LogP contribution in [-0.2, 0) is 13.0 Å². The van der Waals surface area contributed by atoms with Crippen molar-refractivity contribution in [2.24, 2.45) is 0 Å². The molecule has 5 nitrogen and oxygen atoms in total. The molecule has 2 rings (SSSR count). The molecule has 0 aliphatic carbocycles. The Kier molecular flexibility index (Phi) is 7.49. The first-order chi connectivity index (χ1) is 11.8. The van der Waals surface area contributed by atoms with Crippen LogP contribution in [0.3, 0.4) is 0 Å². The van der Waals surface area contributed by atoms with Crippen LogP contribution in [0.25, 0.3) is 0 Å². The summed E-state index contributed by atoms with van der Waals surface area (Å²) in [5.74, 6) is -0.0314. The molecule has 1 amide bonds. The Hall–Kier alpha value is -2.14. The van der Waals surface area contributed by atoms with Gasteiger partial charge < -0.3 is 10.6 Å². The van der Waals surface area contributed by atoms with Crippen molar-refractivity contribution in [1.29, 1.82) is 0 Å². The van der Waals surface area contributed by atoms with E-state index < -0.39 is 0 Å². The summed E-state index contributed by atoms with van der Waals surface area (Å²) in [4.78, 5) is 12.4. The minimum Gasteiger partial charge on any atom is -0.351 e.